The summed E-state index contributed by atoms with van der Waals surface area (Å²) in [5.41, 5.74) is 8.31. The molecule has 2 N–H and O–H groups in total. The SMILES string of the molecule is C=CCN(C(=O)C1=NN(c2ccccc2)[C@H](C(N)=O)C1)c1nc(-c2ccccc2)cs1. The Bertz CT molecular complexity index is 1130. The second kappa shape index (κ2) is 8.93. The second-order valence-corrected chi connectivity index (χ2v) is 7.77. The van der Waals surface area contributed by atoms with Crippen LogP contribution in [0.1, 0.15) is 6.42 Å². The van der Waals surface area contributed by atoms with Gasteiger partial charge in [0.25, 0.3) is 5.91 Å². The van der Waals surface area contributed by atoms with Crippen LogP contribution < -0.4 is 15.6 Å². The number of carbonyl (C=O) groups is 2. The lowest BCUT2D eigenvalue weighted by Gasteiger charge is -2.20. The van der Waals surface area contributed by atoms with Gasteiger partial charge in [-0.15, -0.1) is 17.9 Å². The normalized spacial score (nSPS) is 15.4. The Balaban J connectivity index is 1.63. The molecule has 2 amide bonds. The van der Waals surface area contributed by atoms with Gasteiger partial charge in [0, 0.05) is 23.9 Å². The Morgan fingerprint density at radius 3 is 2.48 bits per heavy atom. The van der Waals surface area contributed by atoms with E-state index in [0.717, 1.165) is 11.3 Å². The van der Waals surface area contributed by atoms with E-state index < -0.39 is 11.9 Å². The van der Waals surface area contributed by atoms with Gasteiger partial charge in [-0.3, -0.25) is 19.5 Å². The summed E-state index contributed by atoms with van der Waals surface area (Å²) in [7, 11) is 0. The number of nitrogens with two attached hydrogens (primary N) is 1. The molecule has 3 aromatic rings. The molecule has 0 saturated heterocycles. The van der Waals surface area contributed by atoms with E-state index in [9.17, 15) is 9.59 Å². The maximum absolute atomic E-state index is 13.4. The zero-order chi connectivity index (χ0) is 21.8. The summed E-state index contributed by atoms with van der Waals surface area (Å²) in [6, 6.07) is 18.2. The third kappa shape index (κ3) is 4.24. The standard InChI is InChI=1S/C23H21N5O2S/c1-2-13-27(23-25-19(15-31-23)16-9-5-3-6-10-16)22(30)18-14-20(21(24)29)28(26-18)17-11-7-4-8-12-17/h2-12,15,20H,1,13-14H2,(H2,24,29)/t20-/m0/s1. The number of hydrogen-bond donors (Lipinski definition) is 1. The maximum Gasteiger partial charge on any atom is 0.276 e. The first kappa shape index (κ1) is 20.5. The lowest BCUT2D eigenvalue weighted by atomic mass is 10.1. The van der Waals surface area contributed by atoms with Gasteiger partial charge in [-0.05, 0) is 12.1 Å². The van der Waals surface area contributed by atoms with Crippen molar-refractivity contribution in [3.8, 4) is 11.3 Å². The molecule has 0 aliphatic carbocycles. The van der Waals surface area contributed by atoms with E-state index in [1.807, 2.05) is 66.0 Å². The van der Waals surface area contributed by atoms with Crippen LogP contribution in [-0.4, -0.2) is 35.1 Å². The zero-order valence-electron chi connectivity index (χ0n) is 16.7. The van der Waals surface area contributed by atoms with E-state index in [1.165, 1.54) is 21.2 Å². The van der Waals surface area contributed by atoms with Crippen LogP contribution in [0.3, 0.4) is 0 Å². The second-order valence-electron chi connectivity index (χ2n) is 6.93. The molecule has 0 bridgehead atoms. The average Bonchev–Trinajstić information content (AvgIpc) is 3.46. The van der Waals surface area contributed by atoms with Crippen LogP contribution >= 0.6 is 11.3 Å². The fourth-order valence-corrected chi connectivity index (χ4v) is 4.18. The van der Waals surface area contributed by atoms with Crippen LogP contribution in [0.5, 0.6) is 0 Å². The Morgan fingerprint density at radius 2 is 1.84 bits per heavy atom. The number of aromatic nitrogens is 1. The first-order chi connectivity index (χ1) is 15.1. The minimum absolute atomic E-state index is 0.133. The summed E-state index contributed by atoms with van der Waals surface area (Å²) in [5.74, 6) is -0.857. The largest absolute Gasteiger partial charge is 0.368 e. The molecule has 0 saturated carbocycles. The molecule has 8 heteroatoms. The number of carbonyl (C=O) groups excluding carboxylic acids is 2. The number of hydrogen-bond acceptors (Lipinski definition) is 6. The Hall–Kier alpha value is -3.78. The quantitative estimate of drug-likeness (QED) is 0.580. The number of amides is 2. The van der Waals surface area contributed by atoms with Gasteiger partial charge >= 0.3 is 0 Å². The van der Waals surface area contributed by atoms with Gasteiger partial charge in [0.15, 0.2) is 5.13 Å². The Kier molecular flexibility index (Phi) is 5.90. The van der Waals surface area contributed by atoms with Crippen LogP contribution in [-0.2, 0) is 9.59 Å². The average molecular weight is 432 g/mol. The molecule has 0 fully saturated rings. The van der Waals surface area contributed by atoms with Gasteiger partial charge in [0.2, 0.25) is 5.91 Å². The van der Waals surface area contributed by atoms with Gasteiger partial charge < -0.3 is 5.73 Å². The predicted octanol–water partition coefficient (Wildman–Crippen LogP) is 3.45. The van der Waals surface area contributed by atoms with Crippen LogP contribution in [0.15, 0.2) is 83.8 Å². The molecule has 1 aliphatic heterocycles. The number of benzene rings is 2. The van der Waals surface area contributed by atoms with E-state index in [2.05, 4.69) is 16.7 Å². The van der Waals surface area contributed by atoms with Crippen LogP contribution in [0.2, 0.25) is 0 Å². The van der Waals surface area contributed by atoms with Gasteiger partial charge in [-0.2, -0.15) is 5.10 Å². The van der Waals surface area contributed by atoms with Crippen molar-refractivity contribution in [1.29, 1.82) is 0 Å². The summed E-state index contributed by atoms with van der Waals surface area (Å²) in [6.07, 6.45) is 1.77. The van der Waals surface area contributed by atoms with Crippen molar-refractivity contribution in [2.75, 3.05) is 16.5 Å². The molecule has 156 valence electrons. The molecule has 0 radical (unpaired) electrons. The summed E-state index contributed by atoms with van der Waals surface area (Å²) in [4.78, 5) is 31.6. The van der Waals surface area contributed by atoms with Crippen molar-refractivity contribution < 1.29 is 9.59 Å². The van der Waals surface area contributed by atoms with Crippen molar-refractivity contribution in [2.24, 2.45) is 10.8 Å². The molecule has 1 aliphatic rings. The first-order valence-electron chi connectivity index (χ1n) is 9.73. The number of primary amides is 1. The third-order valence-corrected chi connectivity index (χ3v) is 5.72. The highest BCUT2D eigenvalue weighted by Crippen LogP contribution is 2.29. The summed E-state index contributed by atoms with van der Waals surface area (Å²) in [5, 5.41) is 8.42. The Morgan fingerprint density at radius 1 is 1.16 bits per heavy atom. The number of thiazole rings is 1. The fourth-order valence-electron chi connectivity index (χ4n) is 3.34. The maximum atomic E-state index is 13.4. The van der Waals surface area contributed by atoms with Crippen LogP contribution in [0.4, 0.5) is 10.8 Å². The smallest absolute Gasteiger partial charge is 0.276 e. The molecule has 1 atom stereocenters. The highest BCUT2D eigenvalue weighted by Gasteiger charge is 2.37. The minimum atomic E-state index is -0.719. The van der Waals surface area contributed by atoms with E-state index in [1.54, 1.807) is 6.08 Å². The lowest BCUT2D eigenvalue weighted by molar-refractivity contribution is -0.119. The van der Waals surface area contributed by atoms with E-state index in [4.69, 9.17) is 5.73 Å². The van der Waals surface area contributed by atoms with E-state index in [-0.39, 0.29) is 24.6 Å². The number of hydrazone groups is 1. The summed E-state index contributed by atoms with van der Waals surface area (Å²) < 4.78 is 0. The number of anilines is 2. The first-order valence-corrected chi connectivity index (χ1v) is 10.6. The molecule has 0 spiro atoms. The molecule has 2 heterocycles. The van der Waals surface area contributed by atoms with Gasteiger partial charge in [-0.25, -0.2) is 4.98 Å². The molecular formula is C23H21N5O2S. The van der Waals surface area contributed by atoms with Crippen molar-refractivity contribution in [3.63, 3.8) is 0 Å². The molecule has 2 aromatic carbocycles. The van der Waals surface area contributed by atoms with Crippen molar-refractivity contribution >= 4 is 39.7 Å². The minimum Gasteiger partial charge on any atom is -0.368 e. The highest BCUT2D eigenvalue weighted by atomic mass is 32.1. The molecule has 0 unspecified atom stereocenters. The van der Waals surface area contributed by atoms with Crippen molar-refractivity contribution in [3.05, 3.63) is 78.7 Å². The van der Waals surface area contributed by atoms with Crippen LogP contribution in [0.25, 0.3) is 11.3 Å². The number of nitrogens with zero attached hydrogens (tertiary/aromatic N) is 4. The third-order valence-electron chi connectivity index (χ3n) is 4.86. The number of rotatable bonds is 7. The molecule has 31 heavy (non-hydrogen) atoms. The van der Waals surface area contributed by atoms with Gasteiger partial charge in [0.05, 0.1) is 11.4 Å². The highest BCUT2D eigenvalue weighted by molar-refractivity contribution is 7.14. The molecule has 7 nitrogen and oxygen atoms in total. The Labute approximate surface area is 184 Å². The molecule has 1 aromatic heterocycles. The molecule has 4 rings (SSSR count). The topological polar surface area (TPSA) is 91.9 Å². The fraction of sp³-hybridized carbons (Fsp3) is 0.130. The monoisotopic (exact) mass is 431 g/mol. The van der Waals surface area contributed by atoms with E-state index >= 15 is 0 Å². The number of para-hydroxylation sites is 1. The van der Waals surface area contributed by atoms with Gasteiger partial charge in [0.1, 0.15) is 11.8 Å². The van der Waals surface area contributed by atoms with Crippen molar-refractivity contribution in [1.82, 2.24) is 4.98 Å². The van der Waals surface area contributed by atoms with E-state index in [0.29, 0.717) is 10.8 Å². The van der Waals surface area contributed by atoms with Gasteiger partial charge in [-0.1, -0.05) is 54.6 Å². The predicted molar refractivity (Wildman–Crippen MR) is 124 cm³/mol. The zero-order valence-corrected chi connectivity index (χ0v) is 17.5. The molecular weight excluding hydrogens is 410 g/mol. The summed E-state index contributed by atoms with van der Waals surface area (Å²) >= 11 is 1.37. The summed E-state index contributed by atoms with van der Waals surface area (Å²) in [6.45, 7) is 4.03. The lowest BCUT2D eigenvalue weighted by Crippen LogP contribution is -2.40. The van der Waals surface area contributed by atoms with Crippen molar-refractivity contribution in [2.45, 2.75) is 12.5 Å². The van der Waals surface area contributed by atoms with Crippen LogP contribution in [0, 0.1) is 0 Å².